The van der Waals surface area contributed by atoms with E-state index in [1.165, 1.54) is 0 Å². The van der Waals surface area contributed by atoms with Gasteiger partial charge in [-0.2, -0.15) is 4.98 Å². The first-order valence-corrected chi connectivity index (χ1v) is 5.78. The summed E-state index contributed by atoms with van der Waals surface area (Å²) >= 11 is 0. The van der Waals surface area contributed by atoms with E-state index in [4.69, 9.17) is 5.73 Å². The zero-order valence-electron chi connectivity index (χ0n) is 10.1. The minimum atomic E-state index is -0.345. The van der Waals surface area contributed by atoms with Crippen molar-refractivity contribution in [3.8, 4) is 0 Å². The number of aromatic nitrogens is 3. The second-order valence-electron chi connectivity index (χ2n) is 3.90. The van der Waals surface area contributed by atoms with Gasteiger partial charge in [-0.15, -0.1) is 5.10 Å². The molecule has 6 heteroatoms. The number of H-pyrrole nitrogens is 1. The molecule has 1 heterocycles. The number of hydrogen-bond acceptors (Lipinski definition) is 4. The van der Waals surface area contributed by atoms with Gasteiger partial charge in [-0.25, -0.2) is 0 Å². The first-order valence-electron chi connectivity index (χ1n) is 5.78. The van der Waals surface area contributed by atoms with Gasteiger partial charge in [-0.1, -0.05) is 31.5 Å². The van der Waals surface area contributed by atoms with E-state index in [1.807, 2.05) is 24.3 Å². The number of rotatable bonds is 4. The molecule has 18 heavy (non-hydrogen) atoms. The molecule has 0 fully saturated rings. The number of nitrogens with two attached hydrogens (primary N) is 1. The van der Waals surface area contributed by atoms with Crippen molar-refractivity contribution in [2.75, 3.05) is 11.1 Å². The van der Waals surface area contributed by atoms with Gasteiger partial charge < -0.3 is 11.1 Å². The summed E-state index contributed by atoms with van der Waals surface area (Å²) < 4.78 is 0. The highest BCUT2D eigenvalue weighted by atomic mass is 16.2. The quantitative estimate of drug-likeness (QED) is 0.762. The number of para-hydroxylation sites is 1. The van der Waals surface area contributed by atoms with E-state index in [1.54, 1.807) is 0 Å². The van der Waals surface area contributed by atoms with E-state index in [-0.39, 0.29) is 17.7 Å². The molecule has 1 amide bonds. The second-order valence-corrected chi connectivity index (χ2v) is 3.90. The lowest BCUT2D eigenvalue weighted by atomic mass is 10.1. The van der Waals surface area contributed by atoms with Crippen molar-refractivity contribution in [3.05, 3.63) is 35.7 Å². The van der Waals surface area contributed by atoms with E-state index in [9.17, 15) is 4.79 Å². The van der Waals surface area contributed by atoms with Crippen LogP contribution in [0.25, 0.3) is 0 Å². The van der Waals surface area contributed by atoms with Gasteiger partial charge in [0.25, 0.3) is 5.91 Å². The van der Waals surface area contributed by atoms with Crippen LogP contribution < -0.4 is 11.1 Å². The molecule has 1 aromatic carbocycles. The van der Waals surface area contributed by atoms with Gasteiger partial charge in [0.05, 0.1) is 0 Å². The third kappa shape index (κ3) is 2.65. The minimum absolute atomic E-state index is 0.0574. The zero-order chi connectivity index (χ0) is 13.0. The maximum Gasteiger partial charge on any atom is 0.293 e. The first-order chi connectivity index (χ1) is 8.70. The number of hydrogen-bond donors (Lipinski definition) is 3. The monoisotopic (exact) mass is 245 g/mol. The number of nitrogens with zero attached hydrogens (tertiary/aromatic N) is 2. The maximum atomic E-state index is 11.9. The molecule has 0 spiro atoms. The van der Waals surface area contributed by atoms with Gasteiger partial charge in [-0.3, -0.25) is 9.89 Å². The predicted octanol–water partition coefficient (Wildman–Crippen LogP) is 1.59. The summed E-state index contributed by atoms with van der Waals surface area (Å²) in [5.74, 6) is -0.177. The normalized spacial score (nSPS) is 10.3. The molecule has 0 atom stereocenters. The molecule has 0 aliphatic rings. The van der Waals surface area contributed by atoms with Crippen LogP contribution >= 0.6 is 0 Å². The molecule has 0 bridgehead atoms. The summed E-state index contributed by atoms with van der Waals surface area (Å²) in [5.41, 5.74) is 7.24. The summed E-state index contributed by atoms with van der Waals surface area (Å²) in [6.45, 7) is 2.09. The van der Waals surface area contributed by atoms with Gasteiger partial charge in [0.2, 0.25) is 11.8 Å². The van der Waals surface area contributed by atoms with Crippen molar-refractivity contribution < 1.29 is 4.79 Å². The van der Waals surface area contributed by atoms with Crippen LogP contribution in [-0.2, 0) is 6.42 Å². The molecule has 0 aliphatic heterocycles. The Labute approximate surface area is 105 Å². The number of aromatic amines is 1. The van der Waals surface area contributed by atoms with E-state index < -0.39 is 0 Å². The van der Waals surface area contributed by atoms with Crippen molar-refractivity contribution in [3.63, 3.8) is 0 Å². The molecule has 4 N–H and O–H groups in total. The Morgan fingerprint density at radius 1 is 1.44 bits per heavy atom. The topological polar surface area (TPSA) is 96.7 Å². The highest BCUT2D eigenvalue weighted by molar-refractivity contribution is 6.02. The fourth-order valence-corrected chi connectivity index (χ4v) is 1.69. The average Bonchev–Trinajstić information content (AvgIpc) is 2.79. The smallest absolute Gasteiger partial charge is 0.293 e. The highest BCUT2D eigenvalue weighted by Gasteiger charge is 2.12. The molecule has 2 rings (SSSR count). The van der Waals surface area contributed by atoms with Crippen LogP contribution in [0.3, 0.4) is 0 Å². The molecule has 94 valence electrons. The standard InChI is InChI=1S/C12H15N5O/c1-2-5-8-6-3-4-7-9(8)14-11(18)10-15-12(13)17-16-10/h3-4,6-7H,2,5H2,1H3,(H,14,18)(H3,13,15,16,17). The van der Waals surface area contributed by atoms with E-state index in [2.05, 4.69) is 27.4 Å². The van der Waals surface area contributed by atoms with Crippen molar-refractivity contribution in [1.82, 2.24) is 15.2 Å². The van der Waals surface area contributed by atoms with Gasteiger partial charge >= 0.3 is 0 Å². The lowest BCUT2D eigenvalue weighted by Gasteiger charge is -2.08. The van der Waals surface area contributed by atoms with Gasteiger partial charge in [0, 0.05) is 5.69 Å². The fraction of sp³-hybridized carbons (Fsp3) is 0.250. The number of aryl methyl sites for hydroxylation is 1. The van der Waals surface area contributed by atoms with Crippen molar-refractivity contribution in [2.45, 2.75) is 19.8 Å². The molecule has 0 aliphatic carbocycles. The zero-order valence-corrected chi connectivity index (χ0v) is 10.1. The van der Waals surface area contributed by atoms with Crippen molar-refractivity contribution in [1.29, 1.82) is 0 Å². The average molecular weight is 245 g/mol. The number of carbonyl (C=O) groups is 1. The Kier molecular flexibility index (Phi) is 3.57. The maximum absolute atomic E-state index is 11.9. The van der Waals surface area contributed by atoms with Crippen LogP contribution in [0, 0.1) is 0 Å². The van der Waals surface area contributed by atoms with Crippen LogP contribution in [0.2, 0.25) is 0 Å². The molecular weight excluding hydrogens is 230 g/mol. The number of carbonyl (C=O) groups excluding carboxylic acids is 1. The lowest BCUT2D eigenvalue weighted by molar-refractivity contribution is 0.101. The van der Waals surface area contributed by atoms with Crippen LogP contribution in [0.15, 0.2) is 24.3 Å². The fourth-order valence-electron chi connectivity index (χ4n) is 1.69. The second kappa shape index (κ2) is 5.31. The molecule has 6 nitrogen and oxygen atoms in total. The van der Waals surface area contributed by atoms with Crippen LogP contribution in [0.4, 0.5) is 11.6 Å². The van der Waals surface area contributed by atoms with Gasteiger partial charge in [0.1, 0.15) is 0 Å². The largest absolute Gasteiger partial charge is 0.366 e. The molecule has 0 unspecified atom stereocenters. The Hall–Kier alpha value is -2.37. The predicted molar refractivity (Wildman–Crippen MR) is 69.2 cm³/mol. The Balaban J connectivity index is 2.16. The van der Waals surface area contributed by atoms with Gasteiger partial charge in [-0.05, 0) is 18.1 Å². The van der Waals surface area contributed by atoms with E-state index >= 15 is 0 Å². The first kappa shape index (κ1) is 12.1. The summed E-state index contributed by atoms with van der Waals surface area (Å²) in [4.78, 5) is 15.7. The van der Waals surface area contributed by atoms with Crippen LogP contribution in [0.5, 0.6) is 0 Å². The Morgan fingerprint density at radius 2 is 2.22 bits per heavy atom. The molecular formula is C12H15N5O. The van der Waals surface area contributed by atoms with E-state index in [0.717, 1.165) is 24.1 Å². The summed E-state index contributed by atoms with van der Waals surface area (Å²) in [7, 11) is 0. The summed E-state index contributed by atoms with van der Waals surface area (Å²) in [6, 6.07) is 7.69. The highest BCUT2D eigenvalue weighted by Crippen LogP contribution is 2.17. The third-order valence-electron chi connectivity index (χ3n) is 2.50. The summed E-state index contributed by atoms with van der Waals surface area (Å²) in [5, 5.41) is 8.89. The van der Waals surface area contributed by atoms with Crippen molar-refractivity contribution >= 4 is 17.5 Å². The Bertz CT molecular complexity index is 549. The molecule has 2 aromatic rings. The van der Waals surface area contributed by atoms with E-state index in [0.29, 0.717) is 0 Å². The molecule has 1 aromatic heterocycles. The molecule has 0 saturated carbocycles. The molecule has 0 saturated heterocycles. The number of nitrogens with one attached hydrogen (secondary N) is 2. The van der Waals surface area contributed by atoms with Crippen LogP contribution in [0.1, 0.15) is 29.5 Å². The molecule has 0 radical (unpaired) electrons. The third-order valence-corrected chi connectivity index (χ3v) is 2.50. The lowest BCUT2D eigenvalue weighted by Crippen LogP contribution is -2.15. The minimum Gasteiger partial charge on any atom is -0.366 e. The van der Waals surface area contributed by atoms with Crippen molar-refractivity contribution in [2.24, 2.45) is 0 Å². The number of anilines is 2. The number of nitrogen functional groups attached to an aromatic ring is 1. The Morgan fingerprint density at radius 3 is 2.89 bits per heavy atom. The van der Waals surface area contributed by atoms with Crippen LogP contribution in [-0.4, -0.2) is 21.1 Å². The SMILES string of the molecule is CCCc1ccccc1NC(=O)c1nc(N)n[nH]1. The number of amides is 1. The van der Waals surface area contributed by atoms with Gasteiger partial charge in [0.15, 0.2) is 0 Å². The summed E-state index contributed by atoms with van der Waals surface area (Å²) in [6.07, 6.45) is 1.93. The number of benzene rings is 1.